The minimum absolute atomic E-state index is 0.0356. The van der Waals surface area contributed by atoms with Gasteiger partial charge < -0.3 is 28.8 Å². The van der Waals surface area contributed by atoms with Crippen LogP contribution in [0, 0.1) is 0 Å². The van der Waals surface area contributed by atoms with Crippen LogP contribution in [0.4, 0.5) is 0 Å². The number of ether oxygens (including phenoxy) is 3. The topological polar surface area (TPSA) is 112 Å². The van der Waals surface area contributed by atoms with Crippen LogP contribution < -0.4 is 0 Å². The maximum atomic E-state index is 11.3. The van der Waals surface area contributed by atoms with E-state index >= 15 is 0 Å². The average molecular weight is 378 g/mol. The molecule has 1 aliphatic heterocycles. The largest absolute Gasteiger partial charge is 0.460 e. The Morgan fingerprint density at radius 3 is 2.20 bits per heavy atom. The quantitative estimate of drug-likeness (QED) is 0.519. The highest BCUT2D eigenvalue weighted by atomic mass is 28.4. The molecular weight excluding hydrogens is 348 g/mol. The summed E-state index contributed by atoms with van der Waals surface area (Å²) in [6.07, 6.45) is -3.57. The fourth-order valence-corrected chi connectivity index (χ4v) is 3.17. The summed E-state index contributed by atoms with van der Waals surface area (Å²) in [5.74, 6) is -3.41. The summed E-state index contributed by atoms with van der Waals surface area (Å²) in [5, 5.41) is 20.8. The van der Waals surface area contributed by atoms with Crippen LogP contribution in [-0.4, -0.2) is 67.8 Å². The van der Waals surface area contributed by atoms with E-state index in [1.165, 1.54) is 13.8 Å². The van der Waals surface area contributed by atoms with Crippen LogP contribution >= 0.6 is 0 Å². The van der Waals surface area contributed by atoms with E-state index in [0.717, 1.165) is 0 Å². The number of carbonyl (C=O) groups excluding carboxylic acids is 2. The minimum Gasteiger partial charge on any atom is -0.460 e. The normalized spacial score (nSPS) is 30.2. The van der Waals surface area contributed by atoms with Gasteiger partial charge in [-0.15, -0.1) is 0 Å². The van der Waals surface area contributed by atoms with Gasteiger partial charge in [-0.25, -0.2) is 0 Å². The molecule has 1 aliphatic rings. The molecule has 1 heterocycles. The molecule has 0 saturated carbocycles. The first kappa shape index (κ1) is 22.0. The van der Waals surface area contributed by atoms with Crippen LogP contribution in [0.1, 0.15) is 34.6 Å². The maximum absolute atomic E-state index is 11.3. The van der Waals surface area contributed by atoms with E-state index in [1.807, 2.05) is 13.1 Å². The van der Waals surface area contributed by atoms with Crippen LogP contribution in [0.5, 0.6) is 0 Å². The molecule has 9 heteroatoms. The van der Waals surface area contributed by atoms with Crippen molar-refractivity contribution in [3.63, 3.8) is 0 Å². The zero-order valence-electron chi connectivity index (χ0n) is 16.0. The van der Waals surface area contributed by atoms with Gasteiger partial charge in [0.1, 0.15) is 12.7 Å². The molecule has 0 aromatic carbocycles. The summed E-state index contributed by atoms with van der Waals surface area (Å²) in [6, 6.07) is 0. The Kier molecular flexibility index (Phi) is 6.79. The van der Waals surface area contributed by atoms with E-state index in [4.69, 9.17) is 18.6 Å². The Labute approximate surface area is 149 Å². The minimum atomic E-state index is -2.16. The predicted octanol–water partition coefficient (Wildman–Crippen LogP) is 0.951. The molecule has 25 heavy (non-hydrogen) atoms. The molecule has 8 nitrogen and oxygen atoms in total. The van der Waals surface area contributed by atoms with Crippen LogP contribution in [0.25, 0.3) is 0 Å². The fraction of sp³-hybridized carbons (Fsp3) is 0.875. The molecule has 0 aliphatic carbocycles. The molecule has 1 rings (SSSR count). The van der Waals surface area contributed by atoms with Crippen LogP contribution in [-0.2, 0) is 28.2 Å². The number of carbonyl (C=O) groups is 2. The first-order valence-electron chi connectivity index (χ1n) is 8.22. The van der Waals surface area contributed by atoms with E-state index in [9.17, 15) is 19.8 Å². The van der Waals surface area contributed by atoms with Crippen molar-refractivity contribution in [2.45, 2.75) is 76.8 Å². The number of aliphatic hydroxyl groups excluding tert-OH is 1. The van der Waals surface area contributed by atoms with E-state index in [0.29, 0.717) is 0 Å². The van der Waals surface area contributed by atoms with Crippen molar-refractivity contribution < 1.29 is 38.4 Å². The maximum Gasteiger partial charge on any atom is 0.303 e. The zero-order chi connectivity index (χ0) is 19.6. The molecule has 0 radical (unpaired) electrons. The Balaban J connectivity index is 2.91. The van der Waals surface area contributed by atoms with Gasteiger partial charge in [-0.05, 0) is 18.1 Å². The van der Waals surface area contributed by atoms with Crippen LogP contribution in [0.2, 0.25) is 18.1 Å². The second-order valence-corrected chi connectivity index (χ2v) is 12.7. The molecule has 0 aromatic rings. The van der Waals surface area contributed by atoms with Gasteiger partial charge in [0.05, 0.1) is 6.61 Å². The molecule has 2 N–H and O–H groups in total. The summed E-state index contributed by atoms with van der Waals surface area (Å²) in [7, 11) is -2.12. The highest BCUT2D eigenvalue weighted by Crippen LogP contribution is 2.38. The van der Waals surface area contributed by atoms with Gasteiger partial charge in [0, 0.05) is 13.8 Å². The van der Waals surface area contributed by atoms with E-state index in [1.54, 1.807) is 0 Å². The van der Waals surface area contributed by atoms with Gasteiger partial charge >= 0.3 is 11.9 Å². The number of esters is 2. The Bertz CT molecular complexity index is 501. The second kappa shape index (κ2) is 7.71. The average Bonchev–Trinajstić information content (AvgIpc) is 2.67. The Morgan fingerprint density at radius 1 is 1.20 bits per heavy atom. The molecule has 0 bridgehead atoms. The lowest BCUT2D eigenvalue weighted by atomic mass is 10.1. The third kappa shape index (κ3) is 5.48. The standard InChI is InChI=1S/C16H30O8Si/c1-10(17)21-9-16(20)14(19)13(23-11(2)18)12(24-16)8-22-25(6,7)15(3,4)5/h12-14,19-20H,8-9H2,1-7H3/t12-,13-,14+,16?/m1/s1. The van der Waals surface area contributed by atoms with E-state index < -0.39 is 51.0 Å². The Hall–Kier alpha value is -1.00. The second-order valence-electron chi connectivity index (χ2n) is 7.87. The lowest BCUT2D eigenvalue weighted by Crippen LogP contribution is -2.48. The number of aliphatic hydroxyl groups is 2. The zero-order valence-corrected chi connectivity index (χ0v) is 17.0. The molecule has 1 fully saturated rings. The van der Waals surface area contributed by atoms with Gasteiger partial charge in [-0.1, -0.05) is 20.8 Å². The van der Waals surface area contributed by atoms with Crippen molar-refractivity contribution in [3.8, 4) is 0 Å². The number of hydrogen-bond acceptors (Lipinski definition) is 8. The monoisotopic (exact) mass is 378 g/mol. The lowest BCUT2D eigenvalue weighted by molar-refractivity contribution is -0.252. The van der Waals surface area contributed by atoms with Crippen LogP contribution in [0.3, 0.4) is 0 Å². The smallest absolute Gasteiger partial charge is 0.303 e. The molecule has 0 aromatic heterocycles. The molecule has 146 valence electrons. The van der Waals surface area contributed by atoms with Crippen molar-refractivity contribution in [1.29, 1.82) is 0 Å². The summed E-state index contributed by atoms with van der Waals surface area (Å²) >= 11 is 0. The SMILES string of the molecule is CC(=O)OCC1(O)O[C@H](CO[Si](C)(C)C(C)(C)C)[C@@H](OC(C)=O)[C@@H]1O. The van der Waals surface area contributed by atoms with Crippen molar-refractivity contribution in [1.82, 2.24) is 0 Å². The van der Waals surface area contributed by atoms with Crippen LogP contribution in [0.15, 0.2) is 0 Å². The summed E-state index contributed by atoms with van der Waals surface area (Å²) in [6.45, 7) is 12.1. The van der Waals surface area contributed by atoms with Crippen molar-refractivity contribution in [2.24, 2.45) is 0 Å². The van der Waals surface area contributed by atoms with Crippen molar-refractivity contribution in [3.05, 3.63) is 0 Å². The third-order valence-electron chi connectivity index (χ3n) is 4.69. The molecule has 1 unspecified atom stereocenters. The summed E-state index contributed by atoms with van der Waals surface area (Å²) in [4.78, 5) is 22.3. The predicted molar refractivity (Wildman–Crippen MR) is 91.2 cm³/mol. The fourth-order valence-electron chi connectivity index (χ4n) is 2.15. The highest BCUT2D eigenvalue weighted by Gasteiger charge is 2.57. The van der Waals surface area contributed by atoms with Crippen molar-refractivity contribution >= 4 is 20.3 Å². The molecule has 0 amide bonds. The molecule has 4 atom stereocenters. The third-order valence-corrected chi connectivity index (χ3v) is 9.19. The van der Waals surface area contributed by atoms with E-state index in [2.05, 4.69) is 20.8 Å². The molecule has 0 spiro atoms. The van der Waals surface area contributed by atoms with Gasteiger partial charge in [-0.2, -0.15) is 0 Å². The summed E-state index contributed by atoms with van der Waals surface area (Å²) in [5.41, 5.74) is 0. The van der Waals surface area contributed by atoms with Crippen molar-refractivity contribution in [2.75, 3.05) is 13.2 Å². The lowest BCUT2D eigenvalue weighted by Gasteiger charge is -2.37. The molecular formula is C16H30O8Si. The van der Waals surface area contributed by atoms with Gasteiger partial charge in [0.25, 0.3) is 0 Å². The Morgan fingerprint density at radius 2 is 1.76 bits per heavy atom. The van der Waals surface area contributed by atoms with Gasteiger partial charge in [-0.3, -0.25) is 9.59 Å². The van der Waals surface area contributed by atoms with E-state index in [-0.39, 0.29) is 11.6 Å². The summed E-state index contributed by atoms with van der Waals surface area (Å²) < 4.78 is 21.4. The first-order chi connectivity index (χ1) is 11.2. The number of hydrogen-bond donors (Lipinski definition) is 2. The first-order valence-corrected chi connectivity index (χ1v) is 11.1. The highest BCUT2D eigenvalue weighted by molar-refractivity contribution is 6.74. The number of rotatable bonds is 6. The van der Waals surface area contributed by atoms with Gasteiger partial charge in [0.2, 0.25) is 5.79 Å². The van der Waals surface area contributed by atoms with Gasteiger partial charge in [0.15, 0.2) is 20.5 Å². The molecule has 1 saturated heterocycles.